The van der Waals surface area contributed by atoms with Crippen LogP contribution in [0.15, 0.2) is 78.9 Å². The smallest absolute Gasteiger partial charge is 0.246 e. The van der Waals surface area contributed by atoms with E-state index in [1.165, 1.54) is 0 Å². The summed E-state index contributed by atoms with van der Waals surface area (Å²) in [5.74, 6) is 0.718. The van der Waals surface area contributed by atoms with Gasteiger partial charge in [0, 0.05) is 35.1 Å². The van der Waals surface area contributed by atoms with Gasteiger partial charge >= 0.3 is 0 Å². The molecular weight excluding hydrogens is 450 g/mol. The van der Waals surface area contributed by atoms with E-state index in [4.69, 9.17) is 4.74 Å². The van der Waals surface area contributed by atoms with Crippen LogP contribution in [0.3, 0.4) is 0 Å². The number of para-hydroxylation sites is 2. The van der Waals surface area contributed by atoms with Gasteiger partial charge in [-0.2, -0.15) is 0 Å². The molecule has 3 aromatic carbocycles. The molecule has 2 atom stereocenters. The van der Waals surface area contributed by atoms with Crippen molar-refractivity contribution in [3.05, 3.63) is 101 Å². The summed E-state index contributed by atoms with van der Waals surface area (Å²) in [6.45, 7) is 3.09. The van der Waals surface area contributed by atoms with E-state index in [1.807, 2.05) is 67.6 Å². The Balaban J connectivity index is 1.43. The molecule has 3 heterocycles. The number of hydrogen-bond acceptors (Lipinski definition) is 3. The third-order valence-corrected chi connectivity index (χ3v) is 7.37. The number of aromatic nitrogens is 1. The van der Waals surface area contributed by atoms with Crippen molar-refractivity contribution in [3.63, 3.8) is 0 Å². The molecule has 1 aromatic heterocycles. The highest BCUT2D eigenvalue weighted by molar-refractivity contribution is 5.97. The second-order valence-corrected chi connectivity index (χ2v) is 9.45. The third kappa shape index (κ3) is 3.73. The van der Waals surface area contributed by atoms with E-state index in [2.05, 4.69) is 23.2 Å². The monoisotopic (exact) mass is 479 g/mol. The van der Waals surface area contributed by atoms with Crippen molar-refractivity contribution in [2.45, 2.75) is 31.8 Å². The van der Waals surface area contributed by atoms with Gasteiger partial charge in [-0.25, -0.2) is 0 Å². The third-order valence-electron chi connectivity index (χ3n) is 7.37. The van der Waals surface area contributed by atoms with Crippen LogP contribution in [0.5, 0.6) is 5.75 Å². The maximum Gasteiger partial charge on any atom is 0.246 e. The summed E-state index contributed by atoms with van der Waals surface area (Å²) in [5.41, 5.74) is 5.15. The molecule has 6 nitrogen and oxygen atoms in total. The van der Waals surface area contributed by atoms with Crippen LogP contribution in [-0.4, -0.2) is 52.3 Å². The number of amides is 2. The topological polar surface area (TPSA) is 65.6 Å². The lowest BCUT2D eigenvalue weighted by atomic mass is 9.86. The molecule has 0 bridgehead atoms. The average Bonchev–Trinajstić information content (AvgIpc) is 3.28. The van der Waals surface area contributed by atoms with Crippen molar-refractivity contribution in [3.8, 4) is 5.75 Å². The summed E-state index contributed by atoms with van der Waals surface area (Å²) in [6, 6.07) is 25.1. The molecule has 4 aromatic rings. The number of hydrogen-bond donors (Lipinski definition) is 1. The summed E-state index contributed by atoms with van der Waals surface area (Å²) < 4.78 is 5.98. The van der Waals surface area contributed by atoms with E-state index in [0.717, 1.165) is 45.5 Å². The number of aromatic amines is 1. The molecule has 0 saturated carbocycles. The fourth-order valence-corrected chi connectivity index (χ4v) is 5.74. The lowest BCUT2D eigenvalue weighted by Gasteiger charge is -2.47. The Morgan fingerprint density at radius 1 is 0.944 bits per heavy atom. The molecule has 0 radical (unpaired) electrons. The zero-order chi connectivity index (χ0) is 24.6. The molecule has 6 heteroatoms. The number of ether oxygens (including phenoxy) is 1. The highest BCUT2D eigenvalue weighted by atomic mass is 16.5. The van der Waals surface area contributed by atoms with Gasteiger partial charge in [0.05, 0.1) is 13.2 Å². The molecule has 6 rings (SSSR count). The second kappa shape index (κ2) is 9.19. The summed E-state index contributed by atoms with van der Waals surface area (Å²) in [7, 11) is 0. The van der Waals surface area contributed by atoms with Crippen LogP contribution in [0.4, 0.5) is 0 Å². The maximum absolute atomic E-state index is 13.9. The first-order valence-corrected chi connectivity index (χ1v) is 12.6. The lowest BCUT2D eigenvalue weighted by molar-refractivity contribution is -0.158. The number of carbonyl (C=O) groups excluding carboxylic acids is 2. The molecule has 2 aliphatic heterocycles. The minimum Gasteiger partial charge on any atom is -0.494 e. The number of H-pyrrole nitrogens is 1. The zero-order valence-corrected chi connectivity index (χ0v) is 20.3. The molecule has 1 saturated heterocycles. The van der Waals surface area contributed by atoms with Gasteiger partial charge in [0.15, 0.2) is 0 Å². The molecule has 1 N–H and O–H groups in total. The predicted molar refractivity (Wildman–Crippen MR) is 139 cm³/mol. The summed E-state index contributed by atoms with van der Waals surface area (Å²) in [6.07, 6.45) is 1.22. The van der Waals surface area contributed by atoms with Gasteiger partial charge in [-0.1, -0.05) is 66.7 Å². The van der Waals surface area contributed by atoms with Crippen molar-refractivity contribution < 1.29 is 14.3 Å². The number of nitrogens with one attached hydrogen (secondary N) is 1. The van der Waals surface area contributed by atoms with E-state index in [-0.39, 0.29) is 18.4 Å². The number of rotatable bonds is 6. The van der Waals surface area contributed by atoms with Gasteiger partial charge < -0.3 is 19.5 Å². The van der Waals surface area contributed by atoms with Gasteiger partial charge in [0.1, 0.15) is 17.8 Å². The van der Waals surface area contributed by atoms with Crippen molar-refractivity contribution >= 4 is 22.7 Å². The van der Waals surface area contributed by atoms with Gasteiger partial charge in [-0.05, 0) is 36.6 Å². The summed E-state index contributed by atoms with van der Waals surface area (Å²) in [4.78, 5) is 34.7. The van der Waals surface area contributed by atoms with Crippen LogP contribution >= 0.6 is 0 Å². The quantitative estimate of drug-likeness (QED) is 0.443. The first kappa shape index (κ1) is 22.4. The van der Waals surface area contributed by atoms with Crippen LogP contribution in [0.25, 0.3) is 10.9 Å². The summed E-state index contributed by atoms with van der Waals surface area (Å²) in [5, 5.41) is 1.10. The van der Waals surface area contributed by atoms with E-state index >= 15 is 0 Å². The molecule has 2 amide bonds. The Bertz CT molecular complexity index is 1430. The molecule has 182 valence electrons. The van der Waals surface area contributed by atoms with E-state index in [9.17, 15) is 9.59 Å². The van der Waals surface area contributed by atoms with E-state index in [0.29, 0.717) is 19.6 Å². The molecule has 36 heavy (non-hydrogen) atoms. The predicted octanol–water partition coefficient (Wildman–Crippen LogP) is 4.49. The van der Waals surface area contributed by atoms with Crippen molar-refractivity contribution in [1.82, 2.24) is 14.8 Å². The largest absolute Gasteiger partial charge is 0.494 e. The highest BCUT2D eigenvalue weighted by Gasteiger charge is 2.48. The van der Waals surface area contributed by atoms with Crippen molar-refractivity contribution in [2.24, 2.45) is 0 Å². The molecule has 2 aliphatic rings. The molecular formula is C30H29N3O3. The molecule has 0 aliphatic carbocycles. The Morgan fingerprint density at radius 3 is 2.53 bits per heavy atom. The fourth-order valence-electron chi connectivity index (χ4n) is 5.74. The average molecular weight is 480 g/mol. The molecule has 1 fully saturated rings. The van der Waals surface area contributed by atoms with Gasteiger partial charge in [0.25, 0.3) is 0 Å². The normalized spacial score (nSPS) is 19.4. The Morgan fingerprint density at radius 2 is 1.69 bits per heavy atom. The number of fused-ring (bicyclic) bond motifs is 4. The minimum absolute atomic E-state index is 0.0142. The number of piperazine rings is 1. The number of carbonyl (C=O) groups is 2. The van der Waals surface area contributed by atoms with Gasteiger partial charge in [-0.15, -0.1) is 0 Å². The maximum atomic E-state index is 13.9. The SMILES string of the molecule is CCOc1ccccc1C1c2[nH]c3ccccc3c2C[C@H]2C(=O)N(CCc3ccccc3)CC(=O)N12. The van der Waals surface area contributed by atoms with E-state index < -0.39 is 12.1 Å². The Labute approximate surface area is 210 Å². The minimum atomic E-state index is -0.548. The van der Waals surface area contributed by atoms with Crippen molar-refractivity contribution in [1.29, 1.82) is 0 Å². The Hall–Kier alpha value is -4.06. The summed E-state index contributed by atoms with van der Waals surface area (Å²) >= 11 is 0. The van der Waals surface area contributed by atoms with Gasteiger partial charge in [-0.3, -0.25) is 9.59 Å². The van der Waals surface area contributed by atoms with Crippen LogP contribution in [0, 0.1) is 0 Å². The van der Waals surface area contributed by atoms with Crippen LogP contribution in [0.2, 0.25) is 0 Å². The highest BCUT2D eigenvalue weighted by Crippen LogP contribution is 2.44. The first-order chi connectivity index (χ1) is 17.7. The van der Waals surface area contributed by atoms with Crippen LogP contribution < -0.4 is 4.74 Å². The van der Waals surface area contributed by atoms with E-state index in [1.54, 1.807) is 9.80 Å². The molecule has 0 spiro atoms. The van der Waals surface area contributed by atoms with Crippen LogP contribution in [0.1, 0.15) is 35.3 Å². The first-order valence-electron chi connectivity index (χ1n) is 12.6. The van der Waals surface area contributed by atoms with Crippen LogP contribution in [-0.2, 0) is 22.4 Å². The number of benzene rings is 3. The zero-order valence-electron chi connectivity index (χ0n) is 20.3. The standard InChI is InChI=1S/C30H29N3O3/c1-2-36-26-15-9-7-13-22(26)29-28-23(21-12-6-8-14-24(21)31-28)18-25-30(35)32(19-27(34)33(25)29)17-16-20-10-4-3-5-11-20/h3-15,25,29,31H,2,16-19H2,1H3/t25-,29?/m0/s1. The molecule has 1 unspecified atom stereocenters. The Kier molecular flexibility index (Phi) is 5.72. The lowest BCUT2D eigenvalue weighted by Crippen LogP contribution is -2.63. The number of nitrogens with zero attached hydrogens (tertiary/aromatic N) is 2. The van der Waals surface area contributed by atoms with Gasteiger partial charge in [0.2, 0.25) is 11.8 Å². The van der Waals surface area contributed by atoms with Crippen molar-refractivity contribution in [2.75, 3.05) is 19.7 Å². The second-order valence-electron chi connectivity index (χ2n) is 9.45. The fraction of sp³-hybridized carbons (Fsp3) is 0.267.